The van der Waals surface area contributed by atoms with E-state index in [2.05, 4.69) is 14.9 Å². The van der Waals surface area contributed by atoms with E-state index in [1.165, 1.54) is 0 Å². The Labute approximate surface area is 67.9 Å². The predicted molar refractivity (Wildman–Crippen MR) is 41.4 cm³/mol. The Hall–Kier alpha value is -1.09. The lowest BCUT2D eigenvalue weighted by Gasteiger charge is -1.91. The molecule has 0 bridgehead atoms. The quantitative estimate of drug-likeness (QED) is 0.611. The molecule has 1 aromatic heterocycles. The van der Waals surface area contributed by atoms with E-state index in [9.17, 15) is 0 Å². The second kappa shape index (κ2) is 2.51. The van der Waals surface area contributed by atoms with Crippen LogP contribution in [0.4, 0.5) is 0 Å². The molecule has 0 amide bonds. The molecule has 3 nitrogen and oxygen atoms in total. The van der Waals surface area contributed by atoms with Crippen molar-refractivity contribution in [3.63, 3.8) is 0 Å². The summed E-state index contributed by atoms with van der Waals surface area (Å²) >= 11 is 5.65. The van der Waals surface area contributed by atoms with Crippen LogP contribution < -0.4 is 0 Å². The summed E-state index contributed by atoms with van der Waals surface area (Å²) in [4.78, 5) is 0. The average molecular weight is 169 g/mol. The SMILES string of the molecule is ClCc1cccc2nonc12. The monoisotopic (exact) mass is 168 g/mol. The highest BCUT2D eigenvalue weighted by atomic mass is 35.5. The fourth-order valence-electron chi connectivity index (χ4n) is 0.970. The van der Waals surface area contributed by atoms with Crippen LogP contribution in [-0.4, -0.2) is 10.3 Å². The number of hydrogen-bond donors (Lipinski definition) is 0. The molecule has 0 aliphatic carbocycles. The lowest BCUT2D eigenvalue weighted by molar-refractivity contribution is 0.315. The Morgan fingerprint density at radius 3 is 3.09 bits per heavy atom. The van der Waals surface area contributed by atoms with Crippen molar-refractivity contribution in [1.82, 2.24) is 10.3 Å². The fourth-order valence-corrected chi connectivity index (χ4v) is 1.19. The third kappa shape index (κ3) is 0.973. The molecular weight excluding hydrogens is 164 g/mol. The second-order valence-electron chi connectivity index (χ2n) is 2.18. The van der Waals surface area contributed by atoms with Gasteiger partial charge in [0, 0.05) is 5.88 Å². The summed E-state index contributed by atoms with van der Waals surface area (Å²) in [6.07, 6.45) is 0. The smallest absolute Gasteiger partial charge is 0.139 e. The first kappa shape index (κ1) is 6.61. The molecule has 11 heavy (non-hydrogen) atoms. The molecule has 0 atom stereocenters. The van der Waals surface area contributed by atoms with Crippen LogP contribution in [0, 0.1) is 0 Å². The maximum absolute atomic E-state index is 5.65. The third-order valence-corrected chi connectivity index (χ3v) is 1.80. The number of benzene rings is 1. The first-order valence-corrected chi connectivity index (χ1v) is 3.71. The Kier molecular flexibility index (Phi) is 1.51. The van der Waals surface area contributed by atoms with Gasteiger partial charge in [-0.15, -0.1) is 11.6 Å². The van der Waals surface area contributed by atoms with E-state index in [1.807, 2.05) is 18.2 Å². The maximum atomic E-state index is 5.65. The number of fused-ring (bicyclic) bond motifs is 1. The van der Waals surface area contributed by atoms with Crippen LogP contribution in [0.3, 0.4) is 0 Å². The van der Waals surface area contributed by atoms with Crippen LogP contribution in [-0.2, 0) is 5.88 Å². The average Bonchev–Trinajstić information content (AvgIpc) is 2.50. The predicted octanol–water partition coefficient (Wildman–Crippen LogP) is 1.96. The van der Waals surface area contributed by atoms with Crippen molar-refractivity contribution in [3.8, 4) is 0 Å². The molecule has 0 saturated carbocycles. The minimum Gasteiger partial charge on any atom is -0.243 e. The molecule has 0 spiro atoms. The van der Waals surface area contributed by atoms with Crippen LogP contribution >= 0.6 is 11.6 Å². The summed E-state index contributed by atoms with van der Waals surface area (Å²) in [5.41, 5.74) is 2.45. The molecule has 0 aliphatic rings. The van der Waals surface area contributed by atoms with Crippen molar-refractivity contribution in [3.05, 3.63) is 23.8 Å². The van der Waals surface area contributed by atoms with Gasteiger partial charge in [0.25, 0.3) is 0 Å². The van der Waals surface area contributed by atoms with E-state index in [4.69, 9.17) is 11.6 Å². The summed E-state index contributed by atoms with van der Waals surface area (Å²) in [6, 6.07) is 5.62. The number of alkyl halides is 1. The Morgan fingerprint density at radius 2 is 2.27 bits per heavy atom. The Balaban J connectivity index is 2.79. The first-order chi connectivity index (χ1) is 5.42. The third-order valence-electron chi connectivity index (χ3n) is 1.51. The van der Waals surface area contributed by atoms with Gasteiger partial charge in [0.05, 0.1) is 0 Å². The second-order valence-corrected chi connectivity index (χ2v) is 2.45. The van der Waals surface area contributed by atoms with Gasteiger partial charge in [0.2, 0.25) is 0 Å². The van der Waals surface area contributed by atoms with Crippen molar-refractivity contribution in [2.75, 3.05) is 0 Å². The van der Waals surface area contributed by atoms with Gasteiger partial charge in [-0.3, -0.25) is 0 Å². The number of hydrogen-bond acceptors (Lipinski definition) is 3. The summed E-state index contributed by atoms with van der Waals surface area (Å²) in [5.74, 6) is 0.436. The zero-order valence-corrected chi connectivity index (χ0v) is 6.38. The molecule has 0 fully saturated rings. The molecule has 0 radical (unpaired) electrons. The van der Waals surface area contributed by atoms with Crippen LogP contribution in [0.25, 0.3) is 11.0 Å². The zero-order chi connectivity index (χ0) is 7.68. The highest BCUT2D eigenvalue weighted by molar-refractivity contribution is 6.17. The molecule has 1 heterocycles. The Morgan fingerprint density at radius 1 is 1.36 bits per heavy atom. The molecular formula is C7H5ClN2O. The van der Waals surface area contributed by atoms with Crippen molar-refractivity contribution in [1.29, 1.82) is 0 Å². The van der Waals surface area contributed by atoms with E-state index in [0.29, 0.717) is 5.88 Å². The Bertz CT molecular complexity index is 371. The van der Waals surface area contributed by atoms with Crippen LogP contribution in [0.15, 0.2) is 22.8 Å². The van der Waals surface area contributed by atoms with Gasteiger partial charge < -0.3 is 0 Å². The summed E-state index contributed by atoms with van der Waals surface area (Å²) in [5, 5.41) is 7.40. The highest BCUT2D eigenvalue weighted by Crippen LogP contribution is 2.15. The minimum atomic E-state index is 0.436. The lowest BCUT2D eigenvalue weighted by Crippen LogP contribution is -1.79. The normalized spacial score (nSPS) is 10.6. The maximum Gasteiger partial charge on any atom is 0.139 e. The highest BCUT2D eigenvalue weighted by Gasteiger charge is 2.03. The number of rotatable bonds is 1. The van der Waals surface area contributed by atoms with Gasteiger partial charge in [0.1, 0.15) is 11.0 Å². The first-order valence-electron chi connectivity index (χ1n) is 3.18. The zero-order valence-electron chi connectivity index (χ0n) is 5.62. The van der Waals surface area contributed by atoms with E-state index in [1.54, 1.807) is 0 Å². The van der Waals surface area contributed by atoms with E-state index < -0.39 is 0 Å². The van der Waals surface area contributed by atoms with Gasteiger partial charge in [0.15, 0.2) is 0 Å². The molecule has 0 N–H and O–H groups in total. The van der Waals surface area contributed by atoms with Crippen molar-refractivity contribution >= 4 is 22.6 Å². The van der Waals surface area contributed by atoms with Gasteiger partial charge in [-0.05, 0) is 21.9 Å². The van der Waals surface area contributed by atoms with Crippen LogP contribution in [0.1, 0.15) is 5.56 Å². The molecule has 0 unspecified atom stereocenters. The summed E-state index contributed by atoms with van der Waals surface area (Å²) in [6.45, 7) is 0. The van der Waals surface area contributed by atoms with E-state index >= 15 is 0 Å². The standard InChI is InChI=1S/C7H5ClN2O/c8-4-5-2-1-3-6-7(5)10-11-9-6/h1-3H,4H2. The van der Waals surface area contributed by atoms with E-state index in [-0.39, 0.29) is 0 Å². The lowest BCUT2D eigenvalue weighted by atomic mass is 10.2. The molecule has 1 aromatic carbocycles. The van der Waals surface area contributed by atoms with Crippen LogP contribution in [0.2, 0.25) is 0 Å². The number of halogens is 1. The topological polar surface area (TPSA) is 38.9 Å². The largest absolute Gasteiger partial charge is 0.243 e. The van der Waals surface area contributed by atoms with Crippen molar-refractivity contribution < 1.29 is 4.63 Å². The summed E-state index contributed by atoms with van der Waals surface area (Å²) in [7, 11) is 0. The van der Waals surface area contributed by atoms with Gasteiger partial charge in [-0.2, -0.15) is 0 Å². The summed E-state index contributed by atoms with van der Waals surface area (Å²) < 4.78 is 4.55. The fraction of sp³-hybridized carbons (Fsp3) is 0.143. The van der Waals surface area contributed by atoms with Crippen molar-refractivity contribution in [2.24, 2.45) is 0 Å². The molecule has 2 rings (SSSR count). The molecule has 4 heteroatoms. The molecule has 56 valence electrons. The van der Waals surface area contributed by atoms with Gasteiger partial charge >= 0.3 is 0 Å². The minimum absolute atomic E-state index is 0.436. The number of aromatic nitrogens is 2. The van der Waals surface area contributed by atoms with E-state index in [0.717, 1.165) is 16.6 Å². The molecule has 0 aliphatic heterocycles. The van der Waals surface area contributed by atoms with Gasteiger partial charge in [-0.25, -0.2) is 4.63 Å². The van der Waals surface area contributed by atoms with Crippen molar-refractivity contribution in [2.45, 2.75) is 5.88 Å². The van der Waals surface area contributed by atoms with Crippen LogP contribution in [0.5, 0.6) is 0 Å². The molecule has 2 aromatic rings. The molecule has 0 saturated heterocycles. The van der Waals surface area contributed by atoms with Gasteiger partial charge in [-0.1, -0.05) is 12.1 Å². The number of nitrogens with zero attached hydrogens (tertiary/aromatic N) is 2.